The highest BCUT2D eigenvalue weighted by Gasteiger charge is 2.27. The first kappa shape index (κ1) is 12.7. The van der Waals surface area contributed by atoms with Gasteiger partial charge in [-0.2, -0.15) is 0 Å². The molecule has 1 aliphatic rings. The summed E-state index contributed by atoms with van der Waals surface area (Å²) in [5.41, 5.74) is 0.343. The average molecular weight is 230 g/mol. The number of thiocarbonyl (C=S) groups is 1. The minimum Gasteiger partial charge on any atom is -0.381 e. The molecule has 0 aromatic rings. The topological polar surface area (TPSA) is 33.3 Å². The second-order valence-corrected chi connectivity index (χ2v) is 4.94. The fraction of sp³-hybridized carbons (Fsp3) is 0.909. The van der Waals surface area contributed by atoms with Crippen molar-refractivity contribution in [3.63, 3.8) is 0 Å². The predicted octanol–water partition coefficient (Wildman–Crippen LogP) is 1.68. The number of nitrogens with one attached hydrogen (secondary N) is 2. The molecule has 0 saturated carbocycles. The molecule has 0 amide bonds. The maximum Gasteiger partial charge on any atom is 0.166 e. The predicted molar refractivity (Wildman–Crippen MR) is 67.1 cm³/mol. The highest BCUT2D eigenvalue weighted by atomic mass is 32.1. The zero-order valence-corrected chi connectivity index (χ0v) is 10.6. The van der Waals surface area contributed by atoms with Gasteiger partial charge >= 0.3 is 0 Å². The molecule has 3 nitrogen and oxygen atoms in total. The molecule has 0 unspecified atom stereocenters. The van der Waals surface area contributed by atoms with E-state index in [0.717, 1.165) is 50.7 Å². The van der Waals surface area contributed by atoms with Crippen molar-refractivity contribution in [3.05, 3.63) is 0 Å². The molecule has 2 N–H and O–H groups in total. The van der Waals surface area contributed by atoms with Crippen LogP contribution >= 0.6 is 12.2 Å². The van der Waals surface area contributed by atoms with Gasteiger partial charge in [-0.15, -0.1) is 0 Å². The van der Waals surface area contributed by atoms with Gasteiger partial charge in [-0.05, 0) is 36.9 Å². The van der Waals surface area contributed by atoms with Crippen LogP contribution in [0.25, 0.3) is 0 Å². The van der Waals surface area contributed by atoms with Crippen LogP contribution in [0.3, 0.4) is 0 Å². The van der Waals surface area contributed by atoms with Crippen LogP contribution in [0.1, 0.15) is 33.1 Å². The number of hydrogen-bond acceptors (Lipinski definition) is 2. The molecule has 0 bridgehead atoms. The monoisotopic (exact) mass is 230 g/mol. The second kappa shape index (κ2) is 6.28. The van der Waals surface area contributed by atoms with Gasteiger partial charge in [0.2, 0.25) is 0 Å². The van der Waals surface area contributed by atoms with E-state index < -0.39 is 0 Å². The van der Waals surface area contributed by atoms with E-state index >= 15 is 0 Å². The van der Waals surface area contributed by atoms with Gasteiger partial charge in [-0.1, -0.05) is 13.8 Å². The van der Waals surface area contributed by atoms with Gasteiger partial charge in [0.1, 0.15) is 0 Å². The van der Waals surface area contributed by atoms with Gasteiger partial charge in [0, 0.05) is 26.3 Å². The summed E-state index contributed by atoms with van der Waals surface area (Å²) < 4.78 is 5.36. The third-order valence-electron chi connectivity index (χ3n) is 2.91. The van der Waals surface area contributed by atoms with E-state index in [4.69, 9.17) is 17.0 Å². The van der Waals surface area contributed by atoms with E-state index in [1.54, 1.807) is 0 Å². The Morgan fingerprint density at radius 1 is 1.33 bits per heavy atom. The Hall–Kier alpha value is -0.350. The maximum atomic E-state index is 5.36. The average Bonchev–Trinajstić information content (AvgIpc) is 2.25. The Kier molecular flexibility index (Phi) is 5.32. The lowest BCUT2D eigenvalue weighted by molar-refractivity contribution is 0.0261. The van der Waals surface area contributed by atoms with Crippen molar-refractivity contribution < 1.29 is 4.74 Å². The van der Waals surface area contributed by atoms with Gasteiger partial charge in [0.15, 0.2) is 5.11 Å². The molecule has 15 heavy (non-hydrogen) atoms. The Morgan fingerprint density at radius 3 is 2.60 bits per heavy atom. The van der Waals surface area contributed by atoms with E-state index in [-0.39, 0.29) is 0 Å². The quantitative estimate of drug-likeness (QED) is 0.720. The number of rotatable bonds is 4. The Bertz CT molecular complexity index is 203. The summed E-state index contributed by atoms with van der Waals surface area (Å²) in [4.78, 5) is 0. The van der Waals surface area contributed by atoms with E-state index in [9.17, 15) is 0 Å². The molecule has 1 saturated heterocycles. The molecule has 1 fully saturated rings. The molecule has 0 atom stereocenters. The van der Waals surface area contributed by atoms with Crippen molar-refractivity contribution in [1.29, 1.82) is 0 Å². The number of ether oxygens (including phenoxy) is 1. The SMILES string of the molecule is CCCNC(=S)NCC1(C)CCOCC1. The summed E-state index contributed by atoms with van der Waals surface area (Å²) in [6, 6.07) is 0. The van der Waals surface area contributed by atoms with Crippen molar-refractivity contribution in [2.75, 3.05) is 26.3 Å². The fourth-order valence-corrected chi connectivity index (χ4v) is 1.81. The molecule has 1 rings (SSSR count). The largest absolute Gasteiger partial charge is 0.381 e. The molecule has 0 spiro atoms. The van der Waals surface area contributed by atoms with Gasteiger partial charge in [0.25, 0.3) is 0 Å². The first-order valence-corrected chi connectivity index (χ1v) is 6.16. The lowest BCUT2D eigenvalue weighted by Gasteiger charge is -2.33. The van der Waals surface area contributed by atoms with Crippen LogP contribution in [-0.2, 0) is 4.74 Å². The van der Waals surface area contributed by atoms with Crippen LogP contribution in [0.4, 0.5) is 0 Å². The molecule has 88 valence electrons. The molecule has 0 radical (unpaired) electrons. The zero-order valence-electron chi connectivity index (χ0n) is 9.77. The van der Waals surface area contributed by atoms with E-state index in [2.05, 4.69) is 24.5 Å². The van der Waals surface area contributed by atoms with Crippen molar-refractivity contribution >= 4 is 17.3 Å². The van der Waals surface area contributed by atoms with E-state index in [1.165, 1.54) is 0 Å². The summed E-state index contributed by atoms with van der Waals surface area (Å²) in [6.07, 6.45) is 3.35. The molecule has 4 heteroatoms. The summed E-state index contributed by atoms with van der Waals surface area (Å²) >= 11 is 5.18. The molecule has 0 aromatic carbocycles. The smallest absolute Gasteiger partial charge is 0.166 e. The first-order chi connectivity index (χ1) is 7.16. The molecular weight excluding hydrogens is 208 g/mol. The van der Waals surface area contributed by atoms with Crippen molar-refractivity contribution in [2.24, 2.45) is 5.41 Å². The molecule has 1 aliphatic heterocycles. The summed E-state index contributed by atoms with van der Waals surface area (Å²) in [7, 11) is 0. The number of hydrogen-bond donors (Lipinski definition) is 2. The Morgan fingerprint density at radius 2 is 2.00 bits per heavy atom. The Labute approximate surface area is 98.0 Å². The standard InChI is InChI=1S/C11H22N2OS/c1-3-6-12-10(15)13-9-11(2)4-7-14-8-5-11/h3-9H2,1-2H3,(H2,12,13,15). The van der Waals surface area contributed by atoms with Crippen LogP contribution in [0.5, 0.6) is 0 Å². The van der Waals surface area contributed by atoms with Gasteiger partial charge in [-0.3, -0.25) is 0 Å². The highest BCUT2D eigenvalue weighted by molar-refractivity contribution is 7.80. The van der Waals surface area contributed by atoms with Gasteiger partial charge < -0.3 is 15.4 Å². The van der Waals surface area contributed by atoms with Crippen LogP contribution in [-0.4, -0.2) is 31.4 Å². The van der Waals surface area contributed by atoms with Crippen LogP contribution in [0.2, 0.25) is 0 Å². The second-order valence-electron chi connectivity index (χ2n) is 4.53. The van der Waals surface area contributed by atoms with Crippen LogP contribution in [0.15, 0.2) is 0 Å². The molecular formula is C11H22N2OS. The third kappa shape index (κ3) is 4.80. The first-order valence-electron chi connectivity index (χ1n) is 5.76. The Balaban J connectivity index is 2.19. The zero-order chi connectivity index (χ0) is 11.1. The lowest BCUT2D eigenvalue weighted by Crippen LogP contribution is -2.43. The van der Waals surface area contributed by atoms with Crippen LogP contribution < -0.4 is 10.6 Å². The minimum atomic E-state index is 0.343. The van der Waals surface area contributed by atoms with Crippen molar-refractivity contribution in [1.82, 2.24) is 10.6 Å². The normalized spacial score (nSPS) is 19.6. The van der Waals surface area contributed by atoms with Crippen LogP contribution in [0, 0.1) is 5.41 Å². The summed E-state index contributed by atoms with van der Waals surface area (Å²) in [5.74, 6) is 0. The maximum absolute atomic E-state index is 5.36. The summed E-state index contributed by atoms with van der Waals surface area (Å²) in [5, 5.41) is 7.25. The minimum absolute atomic E-state index is 0.343. The van der Waals surface area contributed by atoms with E-state index in [0.29, 0.717) is 5.41 Å². The lowest BCUT2D eigenvalue weighted by atomic mass is 9.82. The molecule has 0 aromatic heterocycles. The van der Waals surface area contributed by atoms with Gasteiger partial charge in [0.05, 0.1) is 0 Å². The van der Waals surface area contributed by atoms with Gasteiger partial charge in [-0.25, -0.2) is 0 Å². The molecule has 0 aliphatic carbocycles. The van der Waals surface area contributed by atoms with E-state index in [1.807, 2.05) is 0 Å². The third-order valence-corrected chi connectivity index (χ3v) is 3.20. The fourth-order valence-electron chi connectivity index (χ4n) is 1.64. The van der Waals surface area contributed by atoms with Crippen molar-refractivity contribution in [2.45, 2.75) is 33.1 Å². The van der Waals surface area contributed by atoms with Crippen molar-refractivity contribution in [3.8, 4) is 0 Å². The highest BCUT2D eigenvalue weighted by Crippen LogP contribution is 2.28. The molecule has 1 heterocycles. The summed E-state index contributed by atoms with van der Waals surface area (Å²) in [6.45, 7) is 8.10.